The van der Waals surface area contributed by atoms with Gasteiger partial charge in [-0.25, -0.2) is 4.68 Å². The second-order valence-corrected chi connectivity index (χ2v) is 4.85. The average Bonchev–Trinajstić information content (AvgIpc) is 2.86. The summed E-state index contributed by atoms with van der Waals surface area (Å²) in [4.78, 5) is 0. The lowest BCUT2D eigenvalue weighted by Gasteiger charge is -2.09. The number of nitrogens with one attached hydrogen (secondary N) is 1. The van der Waals surface area contributed by atoms with Gasteiger partial charge < -0.3 is 5.32 Å². The van der Waals surface area contributed by atoms with Gasteiger partial charge in [-0.1, -0.05) is 26.0 Å². The van der Waals surface area contributed by atoms with Crippen molar-refractivity contribution >= 4 is 0 Å². The highest BCUT2D eigenvalue weighted by molar-refractivity contribution is 5.34. The van der Waals surface area contributed by atoms with E-state index < -0.39 is 11.9 Å². The van der Waals surface area contributed by atoms with Crippen LogP contribution in [0.15, 0.2) is 36.5 Å². The monoisotopic (exact) mass is 283 g/mol. The molecule has 0 aliphatic heterocycles. The first-order valence-electron chi connectivity index (χ1n) is 6.32. The van der Waals surface area contributed by atoms with E-state index in [1.807, 2.05) is 12.1 Å². The molecule has 0 radical (unpaired) electrons. The fourth-order valence-electron chi connectivity index (χ4n) is 1.71. The first kappa shape index (κ1) is 14.6. The molecule has 0 spiro atoms. The van der Waals surface area contributed by atoms with Crippen LogP contribution in [0.5, 0.6) is 0 Å². The summed E-state index contributed by atoms with van der Waals surface area (Å²) < 4.78 is 38.6. The van der Waals surface area contributed by atoms with E-state index >= 15 is 0 Å². The third-order valence-corrected chi connectivity index (χ3v) is 2.79. The Labute approximate surface area is 115 Å². The molecule has 0 bridgehead atoms. The van der Waals surface area contributed by atoms with Crippen LogP contribution in [0.4, 0.5) is 13.2 Å². The van der Waals surface area contributed by atoms with Crippen molar-refractivity contribution in [3.05, 3.63) is 47.8 Å². The van der Waals surface area contributed by atoms with E-state index in [1.54, 1.807) is 12.1 Å². The highest BCUT2D eigenvalue weighted by Crippen LogP contribution is 2.27. The van der Waals surface area contributed by atoms with Crippen molar-refractivity contribution in [2.45, 2.75) is 32.6 Å². The minimum absolute atomic E-state index is 0.384. The molecule has 108 valence electrons. The quantitative estimate of drug-likeness (QED) is 0.932. The first-order chi connectivity index (χ1) is 9.36. The third-order valence-electron chi connectivity index (χ3n) is 2.79. The molecule has 1 heterocycles. The van der Waals surface area contributed by atoms with Gasteiger partial charge in [-0.05, 0) is 23.8 Å². The maximum atomic E-state index is 12.5. The number of hydrogen-bond acceptors (Lipinski definition) is 2. The van der Waals surface area contributed by atoms with E-state index in [4.69, 9.17) is 0 Å². The molecule has 1 aromatic carbocycles. The molecule has 0 amide bonds. The maximum Gasteiger partial charge on any atom is 0.435 e. The zero-order valence-corrected chi connectivity index (χ0v) is 11.3. The molecule has 1 aromatic heterocycles. The first-order valence-corrected chi connectivity index (χ1v) is 6.32. The van der Waals surface area contributed by atoms with Crippen molar-refractivity contribution < 1.29 is 13.2 Å². The van der Waals surface area contributed by atoms with Crippen molar-refractivity contribution in [1.29, 1.82) is 0 Å². The molecule has 0 aliphatic carbocycles. The molecule has 2 rings (SSSR count). The fraction of sp³-hybridized carbons (Fsp3) is 0.357. The average molecular weight is 283 g/mol. The predicted octanol–water partition coefficient (Wildman–Crippen LogP) is 3.39. The lowest BCUT2D eigenvalue weighted by Crippen LogP contribution is -2.21. The van der Waals surface area contributed by atoms with Crippen molar-refractivity contribution in [2.75, 3.05) is 0 Å². The van der Waals surface area contributed by atoms with E-state index in [2.05, 4.69) is 24.3 Å². The highest BCUT2D eigenvalue weighted by atomic mass is 19.4. The number of aromatic nitrogens is 2. The van der Waals surface area contributed by atoms with Gasteiger partial charge in [-0.3, -0.25) is 0 Å². The Bertz CT molecular complexity index is 556. The van der Waals surface area contributed by atoms with Crippen LogP contribution in [0.1, 0.15) is 25.1 Å². The van der Waals surface area contributed by atoms with Crippen LogP contribution in [0.2, 0.25) is 0 Å². The molecule has 3 nitrogen and oxygen atoms in total. The van der Waals surface area contributed by atoms with Crippen molar-refractivity contribution in [3.8, 4) is 5.69 Å². The molecule has 0 unspecified atom stereocenters. The Hall–Kier alpha value is -1.82. The van der Waals surface area contributed by atoms with Gasteiger partial charge in [0, 0.05) is 18.8 Å². The van der Waals surface area contributed by atoms with Gasteiger partial charge in [-0.2, -0.15) is 18.3 Å². The molecule has 0 aliphatic rings. The Morgan fingerprint density at radius 1 is 1.15 bits per heavy atom. The lowest BCUT2D eigenvalue weighted by molar-refractivity contribution is -0.141. The highest BCUT2D eigenvalue weighted by Gasteiger charge is 2.33. The Kier molecular flexibility index (Phi) is 4.13. The van der Waals surface area contributed by atoms with Crippen LogP contribution in [0, 0.1) is 0 Å². The zero-order valence-electron chi connectivity index (χ0n) is 11.3. The van der Waals surface area contributed by atoms with Gasteiger partial charge in [0.25, 0.3) is 0 Å². The number of hydrogen-bond donors (Lipinski definition) is 1. The summed E-state index contributed by atoms with van der Waals surface area (Å²) in [5, 5.41) is 6.81. The molecule has 2 aromatic rings. The third kappa shape index (κ3) is 3.60. The van der Waals surface area contributed by atoms with Crippen molar-refractivity contribution in [3.63, 3.8) is 0 Å². The van der Waals surface area contributed by atoms with Crippen molar-refractivity contribution in [1.82, 2.24) is 15.1 Å². The Morgan fingerprint density at radius 3 is 2.30 bits per heavy atom. The standard InChI is InChI=1S/C14H16F3N3/c1-10(2)18-9-11-3-5-12(6-4-11)20-8-7-13(19-20)14(15,16)17/h3-8,10,18H,9H2,1-2H3. The number of alkyl halides is 3. The Morgan fingerprint density at radius 2 is 1.80 bits per heavy atom. The molecule has 0 saturated heterocycles. The smallest absolute Gasteiger partial charge is 0.310 e. The minimum atomic E-state index is -4.41. The molecule has 1 N–H and O–H groups in total. The molecule has 6 heteroatoms. The Balaban J connectivity index is 2.12. The van der Waals surface area contributed by atoms with Gasteiger partial charge in [0.1, 0.15) is 0 Å². The van der Waals surface area contributed by atoms with E-state index in [9.17, 15) is 13.2 Å². The van der Waals surface area contributed by atoms with Crippen molar-refractivity contribution in [2.24, 2.45) is 0 Å². The number of rotatable bonds is 4. The normalized spacial score (nSPS) is 12.1. The molecule has 20 heavy (non-hydrogen) atoms. The number of nitrogens with zero attached hydrogens (tertiary/aromatic N) is 2. The minimum Gasteiger partial charge on any atom is -0.310 e. The molecule has 0 atom stereocenters. The fourth-order valence-corrected chi connectivity index (χ4v) is 1.71. The SMILES string of the molecule is CC(C)NCc1ccc(-n2ccc(C(F)(F)F)n2)cc1. The summed E-state index contributed by atoms with van der Waals surface area (Å²) in [7, 11) is 0. The van der Waals surface area contributed by atoms with Crippen LogP contribution in [-0.4, -0.2) is 15.8 Å². The second-order valence-electron chi connectivity index (χ2n) is 4.85. The number of benzene rings is 1. The van der Waals surface area contributed by atoms with Crippen LogP contribution in [0.25, 0.3) is 5.69 Å². The summed E-state index contributed by atoms with van der Waals surface area (Å²) in [5.74, 6) is 0. The maximum absolute atomic E-state index is 12.5. The molecular weight excluding hydrogens is 267 g/mol. The van der Waals surface area contributed by atoms with Crippen LogP contribution in [0.3, 0.4) is 0 Å². The van der Waals surface area contributed by atoms with E-state index in [-0.39, 0.29) is 0 Å². The predicted molar refractivity (Wildman–Crippen MR) is 70.5 cm³/mol. The second kappa shape index (κ2) is 5.66. The summed E-state index contributed by atoms with van der Waals surface area (Å²) in [6.45, 7) is 4.83. The summed E-state index contributed by atoms with van der Waals surface area (Å²) in [5.41, 5.74) is 0.794. The van der Waals surface area contributed by atoms with Gasteiger partial charge in [-0.15, -0.1) is 0 Å². The van der Waals surface area contributed by atoms with E-state index in [1.165, 1.54) is 10.9 Å². The van der Waals surface area contributed by atoms with Gasteiger partial charge in [0.2, 0.25) is 0 Å². The summed E-state index contributed by atoms with van der Waals surface area (Å²) in [6, 6.07) is 8.61. The van der Waals surface area contributed by atoms with Gasteiger partial charge >= 0.3 is 6.18 Å². The molecular formula is C14H16F3N3. The topological polar surface area (TPSA) is 29.9 Å². The number of halogens is 3. The largest absolute Gasteiger partial charge is 0.435 e. The van der Waals surface area contributed by atoms with Gasteiger partial charge in [0.05, 0.1) is 5.69 Å². The zero-order chi connectivity index (χ0) is 14.8. The molecule has 0 saturated carbocycles. The van der Waals surface area contributed by atoms with E-state index in [0.717, 1.165) is 18.2 Å². The van der Waals surface area contributed by atoms with Crippen LogP contribution in [-0.2, 0) is 12.7 Å². The van der Waals surface area contributed by atoms with Crippen LogP contribution < -0.4 is 5.32 Å². The van der Waals surface area contributed by atoms with E-state index in [0.29, 0.717) is 11.7 Å². The van der Waals surface area contributed by atoms with Gasteiger partial charge in [0.15, 0.2) is 5.69 Å². The molecule has 0 fully saturated rings. The summed E-state index contributed by atoms with van der Waals surface area (Å²) in [6.07, 6.45) is -3.10. The lowest BCUT2D eigenvalue weighted by atomic mass is 10.2. The summed E-state index contributed by atoms with van der Waals surface area (Å²) >= 11 is 0. The van der Waals surface area contributed by atoms with Crippen LogP contribution >= 0.6 is 0 Å².